The van der Waals surface area contributed by atoms with E-state index in [4.69, 9.17) is 10.5 Å². The van der Waals surface area contributed by atoms with Crippen molar-refractivity contribution >= 4 is 23.3 Å². The minimum atomic E-state index is -0.931. The highest BCUT2D eigenvalue weighted by Crippen LogP contribution is 2.16. The molecule has 2 N–H and O–H groups in total. The van der Waals surface area contributed by atoms with Crippen molar-refractivity contribution in [2.75, 3.05) is 6.61 Å². The molecule has 158 valence electrons. The van der Waals surface area contributed by atoms with Crippen LogP contribution in [0.3, 0.4) is 0 Å². The third-order valence-corrected chi connectivity index (χ3v) is 3.48. The van der Waals surface area contributed by atoms with Gasteiger partial charge in [-0.3, -0.25) is 9.59 Å². The molecule has 0 aliphatic heterocycles. The molecule has 0 spiro atoms. The highest BCUT2D eigenvalue weighted by atomic mass is 19.1. The van der Waals surface area contributed by atoms with Crippen LogP contribution in [0.2, 0.25) is 0 Å². The molecule has 0 aliphatic carbocycles. The van der Waals surface area contributed by atoms with Crippen molar-refractivity contribution in [3.05, 3.63) is 65.2 Å². The van der Waals surface area contributed by atoms with Gasteiger partial charge in [-0.1, -0.05) is 33.4 Å². The van der Waals surface area contributed by atoms with Crippen molar-refractivity contribution in [1.82, 2.24) is 0 Å². The Balaban J connectivity index is 0.00000253. The van der Waals surface area contributed by atoms with Gasteiger partial charge in [0, 0.05) is 19.4 Å². The first-order valence-corrected chi connectivity index (χ1v) is 8.88. The fourth-order valence-electron chi connectivity index (χ4n) is 2.23. The van der Waals surface area contributed by atoms with E-state index in [-0.39, 0.29) is 37.8 Å². The summed E-state index contributed by atoms with van der Waals surface area (Å²) in [5.74, 6) is -2.58. The maximum absolute atomic E-state index is 13.6. The molecule has 7 heteroatoms. The van der Waals surface area contributed by atoms with Crippen molar-refractivity contribution in [3.63, 3.8) is 0 Å². The molecule has 2 rings (SSSR count). The summed E-state index contributed by atoms with van der Waals surface area (Å²) in [5, 5.41) is 0. The van der Waals surface area contributed by atoms with Gasteiger partial charge < -0.3 is 10.5 Å². The summed E-state index contributed by atoms with van der Waals surface area (Å²) in [4.78, 5) is 26.9. The average molecular weight is 406 g/mol. The van der Waals surface area contributed by atoms with Crippen molar-refractivity contribution in [2.24, 2.45) is 10.7 Å². The Bertz CT molecular complexity index is 834. The maximum atomic E-state index is 13.6. The maximum Gasteiger partial charge on any atom is 0.302 e. The number of nitrogens with zero attached hydrogens (tertiary/aromatic N) is 1. The lowest BCUT2D eigenvalue weighted by Crippen LogP contribution is -2.17. The topological polar surface area (TPSA) is 81.8 Å². The van der Waals surface area contributed by atoms with Gasteiger partial charge >= 0.3 is 5.97 Å². The molecule has 0 aliphatic rings. The molecule has 0 saturated carbocycles. The van der Waals surface area contributed by atoms with Gasteiger partial charge in [-0.2, -0.15) is 0 Å². The molecule has 2 aromatic rings. The highest BCUT2D eigenvalue weighted by Gasteiger charge is 2.14. The van der Waals surface area contributed by atoms with Crippen molar-refractivity contribution < 1.29 is 23.1 Å². The summed E-state index contributed by atoms with van der Waals surface area (Å²) < 4.78 is 31.4. The molecule has 0 unspecified atom stereocenters. The van der Waals surface area contributed by atoms with Crippen LogP contribution < -0.4 is 5.73 Å². The lowest BCUT2D eigenvalue weighted by molar-refractivity contribution is -0.140. The number of hydrogen-bond acceptors (Lipinski definition) is 4. The number of hydrogen-bond donors (Lipinski definition) is 1. The minimum Gasteiger partial charge on any atom is -0.466 e. The lowest BCUT2D eigenvalue weighted by Gasteiger charge is -2.05. The van der Waals surface area contributed by atoms with Crippen LogP contribution in [-0.4, -0.2) is 24.2 Å². The van der Waals surface area contributed by atoms with Gasteiger partial charge in [0.25, 0.3) is 0 Å². The smallest absolute Gasteiger partial charge is 0.302 e. The van der Waals surface area contributed by atoms with E-state index in [0.717, 1.165) is 17.7 Å². The van der Waals surface area contributed by atoms with Crippen LogP contribution in [0.25, 0.3) is 0 Å². The van der Waals surface area contributed by atoms with Crippen LogP contribution in [-0.2, 0) is 16.0 Å². The summed E-state index contributed by atoms with van der Waals surface area (Å²) in [6, 6.07) is 9.76. The Hall–Kier alpha value is -3.09. The van der Waals surface area contributed by atoms with Crippen molar-refractivity contribution in [1.29, 1.82) is 0 Å². The van der Waals surface area contributed by atoms with Gasteiger partial charge in [0.1, 0.15) is 17.5 Å². The largest absolute Gasteiger partial charge is 0.466 e. The van der Waals surface area contributed by atoms with Crippen LogP contribution in [0.1, 0.15) is 50.5 Å². The van der Waals surface area contributed by atoms with Crippen LogP contribution in [0.4, 0.5) is 14.5 Å². The summed E-state index contributed by atoms with van der Waals surface area (Å²) in [6.45, 7) is 5.64. The number of rotatable bonds is 7. The molecule has 0 fully saturated rings. The zero-order valence-electron chi connectivity index (χ0n) is 16.2. The predicted molar refractivity (Wildman–Crippen MR) is 111 cm³/mol. The Kier molecular flexibility index (Phi) is 11.7. The van der Waals surface area contributed by atoms with Crippen molar-refractivity contribution in [2.45, 2.75) is 41.0 Å². The molecule has 0 heterocycles. The second-order valence-electron chi connectivity index (χ2n) is 5.58. The first kappa shape index (κ1) is 25.9. The Morgan fingerprint density at radius 3 is 2.24 bits per heavy atom. The average Bonchev–Trinajstić information content (AvgIpc) is 2.64. The van der Waals surface area contributed by atoms with Gasteiger partial charge in [0.05, 0.1) is 24.3 Å². The number of carbonyl (C=O) groups excluding carboxylic acids is 2. The number of halogens is 2. The van der Waals surface area contributed by atoms with E-state index in [1.54, 1.807) is 24.3 Å². The number of ether oxygens (including phenoxy) is 1. The number of nitrogens with two attached hydrogens (primary N) is 1. The summed E-state index contributed by atoms with van der Waals surface area (Å²) in [6.07, 6.45) is 0.290. The van der Waals surface area contributed by atoms with E-state index in [9.17, 15) is 18.4 Å². The Morgan fingerprint density at radius 1 is 1.07 bits per heavy atom. The number of ketones is 1. The molecule has 0 saturated heterocycles. The molecular formula is C22H28F2N2O3. The second-order valence-corrected chi connectivity index (χ2v) is 5.58. The summed E-state index contributed by atoms with van der Waals surface area (Å²) >= 11 is 0. The molecule has 29 heavy (non-hydrogen) atoms. The van der Waals surface area contributed by atoms with Crippen LogP contribution in [0, 0.1) is 11.6 Å². The third-order valence-electron chi connectivity index (χ3n) is 3.48. The lowest BCUT2D eigenvalue weighted by atomic mass is 10.1. The monoisotopic (exact) mass is 406 g/mol. The van der Waals surface area contributed by atoms with Gasteiger partial charge in [-0.25, -0.2) is 13.8 Å². The predicted octanol–water partition coefficient (Wildman–Crippen LogP) is 4.99. The van der Waals surface area contributed by atoms with Gasteiger partial charge in [-0.05, 0) is 29.8 Å². The second kappa shape index (κ2) is 13.1. The molecule has 0 atom stereocenters. The Morgan fingerprint density at radius 2 is 1.69 bits per heavy atom. The fraction of sp³-hybridized carbons (Fsp3) is 0.318. The normalized spacial score (nSPS) is 10.3. The van der Waals surface area contributed by atoms with Gasteiger partial charge in [0.15, 0.2) is 5.78 Å². The first-order chi connectivity index (χ1) is 13.3. The minimum absolute atomic E-state index is 0. The van der Waals surface area contributed by atoms with Crippen LogP contribution >= 0.6 is 0 Å². The zero-order valence-corrected chi connectivity index (χ0v) is 16.2. The number of amidine groups is 1. The van der Waals surface area contributed by atoms with E-state index in [1.807, 2.05) is 13.8 Å². The Labute approximate surface area is 170 Å². The van der Waals surface area contributed by atoms with Gasteiger partial charge in [0.2, 0.25) is 0 Å². The molecule has 5 nitrogen and oxygen atoms in total. The van der Waals surface area contributed by atoms with E-state index in [0.29, 0.717) is 18.2 Å². The van der Waals surface area contributed by atoms with E-state index in [1.165, 1.54) is 6.92 Å². The van der Waals surface area contributed by atoms with E-state index in [2.05, 4.69) is 4.99 Å². The van der Waals surface area contributed by atoms with E-state index >= 15 is 0 Å². The number of carbonyl (C=O) groups is 2. The summed E-state index contributed by atoms with van der Waals surface area (Å²) in [5.41, 5.74) is 7.01. The first-order valence-electron chi connectivity index (χ1n) is 8.88. The number of Topliss-reactive ketones (excluding diaryl/α,β-unsaturated/α-hetero) is 1. The molecular weight excluding hydrogens is 378 g/mol. The standard InChI is InChI=1S/C19H18F2N2O3.C2H6.CH4/c1-12(24)26-9-8-13-2-5-15(6-3-13)23-19(22)11-18(25)16-7-4-14(20)10-17(16)21;1-2;/h2-7,10H,8-9,11H2,1H3,(H2,22,23);1-2H3;1H4. The number of aliphatic imine (C=N–C) groups is 1. The number of benzene rings is 2. The van der Waals surface area contributed by atoms with Gasteiger partial charge in [-0.15, -0.1) is 0 Å². The zero-order chi connectivity index (χ0) is 21.1. The molecule has 2 aromatic carbocycles. The third kappa shape index (κ3) is 9.10. The van der Waals surface area contributed by atoms with Crippen LogP contribution in [0.15, 0.2) is 47.5 Å². The van der Waals surface area contributed by atoms with Crippen molar-refractivity contribution in [3.8, 4) is 0 Å². The van der Waals surface area contributed by atoms with E-state index < -0.39 is 17.4 Å². The SMILES string of the molecule is C.CC.CC(=O)OCCc1ccc(N=C(N)CC(=O)c2ccc(F)cc2F)cc1. The molecule has 0 bridgehead atoms. The fourth-order valence-corrected chi connectivity index (χ4v) is 2.23. The summed E-state index contributed by atoms with van der Waals surface area (Å²) in [7, 11) is 0. The molecule has 0 amide bonds. The molecule has 0 radical (unpaired) electrons. The van der Waals surface area contributed by atoms with Crippen LogP contribution in [0.5, 0.6) is 0 Å². The molecule has 0 aromatic heterocycles. The highest BCUT2D eigenvalue weighted by molar-refractivity contribution is 6.09. The number of esters is 1. The quantitative estimate of drug-likeness (QED) is 0.304.